The van der Waals surface area contributed by atoms with Gasteiger partial charge in [-0.2, -0.15) is 0 Å². The topological polar surface area (TPSA) is 66.8 Å². The van der Waals surface area contributed by atoms with Crippen LogP contribution in [-0.2, 0) is 9.53 Å². The number of esters is 1. The van der Waals surface area contributed by atoms with Gasteiger partial charge < -0.3 is 14.9 Å². The fraction of sp³-hybridized carbons (Fsp3) is 0.214. The Bertz CT molecular complexity index is 577. The molecule has 2 aromatic carbocycles. The minimum absolute atomic E-state index is 0.116. The maximum absolute atomic E-state index is 11.4. The first kappa shape index (κ1) is 12.4. The fourth-order valence-corrected chi connectivity index (χ4v) is 1.81. The van der Waals surface area contributed by atoms with Gasteiger partial charge in [-0.25, -0.2) is 4.79 Å². The predicted molar refractivity (Wildman–Crippen MR) is 67.2 cm³/mol. The van der Waals surface area contributed by atoms with E-state index in [4.69, 9.17) is 4.74 Å². The van der Waals surface area contributed by atoms with Crippen molar-refractivity contribution in [2.75, 3.05) is 6.61 Å². The molecule has 0 saturated heterocycles. The Kier molecular flexibility index (Phi) is 3.48. The van der Waals surface area contributed by atoms with Gasteiger partial charge in [-0.1, -0.05) is 24.3 Å². The third kappa shape index (κ3) is 2.28. The normalized spacial score (nSPS) is 12.3. The maximum Gasteiger partial charge on any atom is 0.339 e. The Balaban J connectivity index is 2.44. The van der Waals surface area contributed by atoms with Crippen LogP contribution in [0.4, 0.5) is 0 Å². The van der Waals surface area contributed by atoms with E-state index in [2.05, 4.69) is 0 Å². The van der Waals surface area contributed by atoms with Crippen molar-refractivity contribution in [2.45, 2.75) is 13.0 Å². The van der Waals surface area contributed by atoms with Crippen LogP contribution in [0.3, 0.4) is 0 Å². The average molecular weight is 246 g/mol. The number of carbonyl (C=O) groups is 1. The molecule has 0 spiro atoms. The predicted octanol–water partition coefficient (Wildman–Crippen LogP) is 2.14. The van der Waals surface area contributed by atoms with Crippen molar-refractivity contribution >= 4 is 16.7 Å². The molecule has 0 amide bonds. The van der Waals surface area contributed by atoms with Crippen molar-refractivity contribution in [3.05, 3.63) is 42.0 Å². The van der Waals surface area contributed by atoms with Gasteiger partial charge in [0.25, 0.3) is 0 Å². The number of hydrogen-bond acceptors (Lipinski definition) is 4. The summed E-state index contributed by atoms with van der Waals surface area (Å²) in [6.45, 7) is 1.84. The van der Waals surface area contributed by atoms with E-state index >= 15 is 0 Å². The summed E-state index contributed by atoms with van der Waals surface area (Å²) in [5, 5.41) is 21.3. The summed E-state index contributed by atoms with van der Waals surface area (Å²) < 4.78 is 4.73. The number of ether oxygens (including phenoxy) is 1. The minimum Gasteiger partial charge on any atom is -0.508 e. The van der Waals surface area contributed by atoms with Crippen LogP contribution in [0.2, 0.25) is 0 Å². The van der Waals surface area contributed by atoms with Crippen LogP contribution < -0.4 is 0 Å². The summed E-state index contributed by atoms with van der Waals surface area (Å²) in [5.41, 5.74) is 0.159. The molecule has 1 unspecified atom stereocenters. The van der Waals surface area contributed by atoms with Crippen molar-refractivity contribution in [2.24, 2.45) is 0 Å². The lowest BCUT2D eigenvalue weighted by Crippen LogP contribution is -2.15. The summed E-state index contributed by atoms with van der Waals surface area (Å²) in [4.78, 5) is 11.4. The molecule has 2 rings (SSSR count). The lowest BCUT2D eigenvalue weighted by molar-refractivity contribution is -0.153. The number of aromatic hydroxyl groups is 1. The summed E-state index contributed by atoms with van der Waals surface area (Å²) in [6, 6.07) is 10.5. The molecule has 0 aliphatic heterocycles. The van der Waals surface area contributed by atoms with E-state index in [1.54, 1.807) is 13.0 Å². The molecule has 0 saturated carbocycles. The molecular formula is C14H14O4. The van der Waals surface area contributed by atoms with Crippen molar-refractivity contribution in [3.63, 3.8) is 0 Å². The first-order valence-electron chi connectivity index (χ1n) is 5.70. The fourth-order valence-electron chi connectivity index (χ4n) is 1.81. The van der Waals surface area contributed by atoms with E-state index in [1.807, 2.05) is 24.3 Å². The number of hydrogen-bond donors (Lipinski definition) is 2. The first-order valence-corrected chi connectivity index (χ1v) is 5.70. The van der Waals surface area contributed by atoms with Gasteiger partial charge in [-0.15, -0.1) is 0 Å². The van der Waals surface area contributed by atoms with Gasteiger partial charge in [0.05, 0.1) is 6.61 Å². The number of aliphatic hydroxyl groups is 1. The molecule has 1 atom stereocenters. The van der Waals surface area contributed by atoms with Gasteiger partial charge in [0.15, 0.2) is 6.10 Å². The SMILES string of the molecule is CCOC(=O)C(O)c1cc2ccccc2cc1O. The quantitative estimate of drug-likeness (QED) is 0.814. The summed E-state index contributed by atoms with van der Waals surface area (Å²) in [5.74, 6) is -0.877. The van der Waals surface area contributed by atoms with Crippen LogP contribution >= 0.6 is 0 Å². The summed E-state index contributed by atoms with van der Waals surface area (Å²) in [6.07, 6.45) is -1.46. The number of phenols is 1. The van der Waals surface area contributed by atoms with Gasteiger partial charge >= 0.3 is 5.97 Å². The zero-order valence-electron chi connectivity index (χ0n) is 9.96. The number of aliphatic hydroxyl groups excluding tert-OH is 1. The molecule has 0 aliphatic carbocycles. The second-order valence-corrected chi connectivity index (χ2v) is 3.91. The molecule has 18 heavy (non-hydrogen) atoms. The Hall–Kier alpha value is -2.07. The molecule has 0 heterocycles. The van der Waals surface area contributed by atoms with E-state index in [1.165, 1.54) is 6.07 Å². The van der Waals surface area contributed by atoms with Gasteiger partial charge in [-0.3, -0.25) is 0 Å². The standard InChI is InChI=1S/C14H14O4/c1-2-18-14(17)13(16)11-7-9-5-3-4-6-10(9)8-12(11)15/h3-8,13,15-16H,2H2,1H3. The highest BCUT2D eigenvalue weighted by molar-refractivity contribution is 5.87. The van der Waals surface area contributed by atoms with E-state index < -0.39 is 12.1 Å². The van der Waals surface area contributed by atoms with Crippen LogP contribution in [0.5, 0.6) is 5.75 Å². The molecule has 2 aromatic rings. The lowest BCUT2D eigenvalue weighted by Gasteiger charge is -2.12. The zero-order valence-corrected chi connectivity index (χ0v) is 9.96. The second-order valence-electron chi connectivity index (χ2n) is 3.91. The molecule has 0 radical (unpaired) electrons. The molecule has 0 fully saturated rings. The number of carbonyl (C=O) groups excluding carboxylic acids is 1. The van der Waals surface area contributed by atoms with Gasteiger partial charge in [-0.05, 0) is 29.8 Å². The van der Waals surface area contributed by atoms with E-state index in [0.717, 1.165) is 10.8 Å². The molecule has 0 bridgehead atoms. The molecule has 94 valence electrons. The highest BCUT2D eigenvalue weighted by Crippen LogP contribution is 2.30. The Morgan fingerprint density at radius 3 is 2.50 bits per heavy atom. The van der Waals surface area contributed by atoms with Crippen LogP contribution in [0.1, 0.15) is 18.6 Å². The first-order chi connectivity index (χ1) is 8.63. The molecule has 2 N–H and O–H groups in total. The largest absolute Gasteiger partial charge is 0.508 e. The average Bonchev–Trinajstić information content (AvgIpc) is 2.37. The number of rotatable bonds is 3. The molecular weight excluding hydrogens is 232 g/mol. The van der Waals surface area contributed by atoms with E-state index in [9.17, 15) is 15.0 Å². The van der Waals surface area contributed by atoms with E-state index in [-0.39, 0.29) is 17.9 Å². The van der Waals surface area contributed by atoms with Crippen molar-refractivity contribution < 1.29 is 19.7 Å². The Labute approximate surface area is 104 Å². The van der Waals surface area contributed by atoms with Crippen LogP contribution in [0, 0.1) is 0 Å². The number of fused-ring (bicyclic) bond motifs is 1. The molecule has 4 heteroatoms. The summed E-state index contributed by atoms with van der Waals surface area (Å²) >= 11 is 0. The van der Waals surface area contributed by atoms with Crippen LogP contribution in [-0.4, -0.2) is 22.8 Å². The van der Waals surface area contributed by atoms with Crippen molar-refractivity contribution in [3.8, 4) is 5.75 Å². The second kappa shape index (κ2) is 5.06. The highest BCUT2D eigenvalue weighted by Gasteiger charge is 2.22. The lowest BCUT2D eigenvalue weighted by atomic mass is 10.0. The van der Waals surface area contributed by atoms with Crippen LogP contribution in [0.15, 0.2) is 36.4 Å². The Morgan fingerprint density at radius 2 is 1.89 bits per heavy atom. The van der Waals surface area contributed by atoms with Crippen molar-refractivity contribution in [1.29, 1.82) is 0 Å². The highest BCUT2D eigenvalue weighted by atomic mass is 16.5. The number of phenolic OH excluding ortho intramolecular Hbond substituents is 1. The van der Waals surface area contributed by atoms with Crippen molar-refractivity contribution in [1.82, 2.24) is 0 Å². The third-order valence-electron chi connectivity index (χ3n) is 2.70. The Morgan fingerprint density at radius 1 is 1.28 bits per heavy atom. The van der Waals surface area contributed by atoms with Gasteiger partial charge in [0, 0.05) is 5.56 Å². The molecule has 0 aromatic heterocycles. The minimum atomic E-state index is -1.46. The molecule has 0 aliphatic rings. The third-order valence-corrected chi connectivity index (χ3v) is 2.70. The smallest absolute Gasteiger partial charge is 0.339 e. The van der Waals surface area contributed by atoms with E-state index in [0.29, 0.717) is 0 Å². The van der Waals surface area contributed by atoms with Gasteiger partial charge in [0.1, 0.15) is 5.75 Å². The van der Waals surface area contributed by atoms with Crippen LogP contribution in [0.25, 0.3) is 10.8 Å². The monoisotopic (exact) mass is 246 g/mol. The number of benzene rings is 2. The maximum atomic E-state index is 11.4. The van der Waals surface area contributed by atoms with Gasteiger partial charge in [0.2, 0.25) is 0 Å². The summed E-state index contributed by atoms with van der Waals surface area (Å²) in [7, 11) is 0. The molecule has 4 nitrogen and oxygen atoms in total. The zero-order chi connectivity index (χ0) is 13.1.